The largest absolute Gasteiger partial charge is 0.308 e. The molecule has 0 radical (unpaired) electrons. The Bertz CT molecular complexity index is 1380. The lowest BCUT2D eigenvalue weighted by Crippen LogP contribution is -2.41. The zero-order valence-electron chi connectivity index (χ0n) is 18.3. The molecule has 2 aliphatic rings. The number of fused-ring (bicyclic) bond motifs is 2. The van der Waals surface area contributed by atoms with Gasteiger partial charge in [0.2, 0.25) is 15.9 Å². The van der Waals surface area contributed by atoms with Crippen LogP contribution in [0.25, 0.3) is 11.3 Å². The molecule has 1 aliphatic heterocycles. The van der Waals surface area contributed by atoms with Crippen LogP contribution in [0.2, 0.25) is 0 Å². The number of hydrogen-bond donors (Lipinski definition) is 1. The van der Waals surface area contributed by atoms with E-state index in [2.05, 4.69) is 11.1 Å². The minimum Gasteiger partial charge on any atom is -0.308 e. The van der Waals surface area contributed by atoms with E-state index in [0.29, 0.717) is 24.1 Å². The van der Waals surface area contributed by atoms with Crippen molar-refractivity contribution in [2.45, 2.75) is 43.5 Å². The molecule has 0 bridgehead atoms. The fourth-order valence-corrected chi connectivity index (χ4v) is 5.66. The predicted octanol–water partition coefficient (Wildman–Crippen LogP) is 3.79. The topological polar surface area (TPSA) is 93.4 Å². The smallest absolute Gasteiger partial charge is 0.241 e. The number of nitrogens with two attached hydrogens (primary N) is 1. The van der Waals surface area contributed by atoms with Gasteiger partial charge in [-0.15, -0.1) is 0 Å². The second-order valence-electron chi connectivity index (χ2n) is 8.93. The second-order valence-corrected chi connectivity index (χ2v) is 10.5. The fraction of sp³-hybridized carbons (Fsp3) is 0.280. The molecule has 3 atom stereocenters. The van der Waals surface area contributed by atoms with Gasteiger partial charge in [-0.3, -0.25) is 9.78 Å². The maximum absolute atomic E-state index is 14.5. The molecule has 170 valence electrons. The van der Waals surface area contributed by atoms with Gasteiger partial charge in [0.25, 0.3) is 0 Å². The number of nitrogens with zero attached hydrogens (tertiary/aromatic N) is 2. The molecule has 1 amide bonds. The normalized spacial score (nSPS) is 21.7. The number of aromatic nitrogens is 1. The minimum atomic E-state index is -4.25. The number of carbonyl (C=O) groups excluding carboxylic acids is 1. The number of pyridine rings is 1. The molecule has 5 rings (SSSR count). The highest BCUT2D eigenvalue weighted by Gasteiger charge is 2.41. The number of hydrogen-bond acceptors (Lipinski definition) is 4. The van der Waals surface area contributed by atoms with Crippen LogP contribution >= 0.6 is 0 Å². The molecule has 2 aromatic carbocycles. The monoisotopic (exact) mass is 465 g/mol. The molecule has 0 unspecified atom stereocenters. The van der Waals surface area contributed by atoms with Crippen molar-refractivity contribution in [2.24, 2.45) is 11.1 Å². The number of carbonyl (C=O) groups is 1. The highest BCUT2D eigenvalue weighted by atomic mass is 32.2. The first kappa shape index (κ1) is 21.7. The van der Waals surface area contributed by atoms with Crippen molar-refractivity contribution in [2.75, 3.05) is 4.90 Å². The van der Waals surface area contributed by atoms with Crippen molar-refractivity contribution in [3.8, 4) is 11.3 Å². The third-order valence-electron chi connectivity index (χ3n) is 6.95. The number of primary sulfonamides is 1. The molecule has 0 spiro atoms. The van der Waals surface area contributed by atoms with Gasteiger partial charge in [0.05, 0.1) is 5.69 Å². The van der Waals surface area contributed by atoms with E-state index in [4.69, 9.17) is 5.14 Å². The Morgan fingerprint density at radius 1 is 1.09 bits per heavy atom. The van der Waals surface area contributed by atoms with Crippen molar-refractivity contribution >= 4 is 21.6 Å². The Balaban J connectivity index is 1.47. The van der Waals surface area contributed by atoms with Gasteiger partial charge in [0.15, 0.2) is 0 Å². The summed E-state index contributed by atoms with van der Waals surface area (Å²) in [5.74, 6) is -1.38. The molecule has 1 aromatic heterocycles. The fourth-order valence-electron chi connectivity index (χ4n) is 5.05. The van der Waals surface area contributed by atoms with E-state index in [1.54, 1.807) is 11.1 Å². The molecular formula is C25H24FN3O3S. The summed E-state index contributed by atoms with van der Waals surface area (Å²) in [5.41, 5.74) is 5.16. The van der Waals surface area contributed by atoms with Crippen LogP contribution in [0, 0.1) is 11.7 Å². The van der Waals surface area contributed by atoms with Gasteiger partial charge in [-0.2, -0.15) is 0 Å². The van der Waals surface area contributed by atoms with Gasteiger partial charge in [0.1, 0.15) is 10.7 Å². The van der Waals surface area contributed by atoms with E-state index in [1.165, 1.54) is 12.1 Å². The van der Waals surface area contributed by atoms with Crippen molar-refractivity contribution in [1.82, 2.24) is 4.98 Å². The zero-order valence-corrected chi connectivity index (χ0v) is 19.1. The van der Waals surface area contributed by atoms with E-state index in [-0.39, 0.29) is 23.8 Å². The molecule has 6 nitrogen and oxygen atoms in total. The highest BCUT2D eigenvalue weighted by molar-refractivity contribution is 7.89. The van der Waals surface area contributed by atoms with Crippen LogP contribution in [0.5, 0.6) is 0 Å². The number of halogens is 1. The third-order valence-corrected chi connectivity index (χ3v) is 7.88. The van der Waals surface area contributed by atoms with E-state index >= 15 is 0 Å². The first-order chi connectivity index (χ1) is 15.6. The summed E-state index contributed by atoms with van der Waals surface area (Å²) in [7, 11) is -4.25. The number of anilines is 1. The molecule has 1 aliphatic carbocycles. The average molecular weight is 466 g/mol. The standard InChI is InChI=1S/C25H24FN3O3S/c1-14-15(2)29(23-13-24(33(27,31)32)21(26)12-20(14)23)25(30)19-9-16-6-7-17(10-18(16)11-19)22-5-3-4-8-28-22/h3-8,10,12-15,19H,9,11H2,1-2H3,(H2,27,31,32)/t14-,15-,19-/m1/s1. The summed E-state index contributed by atoms with van der Waals surface area (Å²) < 4.78 is 38.2. The Kier molecular flexibility index (Phi) is 5.10. The lowest BCUT2D eigenvalue weighted by molar-refractivity contribution is -0.122. The summed E-state index contributed by atoms with van der Waals surface area (Å²) in [6.45, 7) is 3.81. The van der Waals surface area contributed by atoms with Gasteiger partial charge >= 0.3 is 0 Å². The molecule has 0 saturated heterocycles. The number of amides is 1. The van der Waals surface area contributed by atoms with Crippen molar-refractivity contribution < 1.29 is 17.6 Å². The maximum Gasteiger partial charge on any atom is 0.241 e. The molecule has 0 fully saturated rings. The number of rotatable bonds is 3. The van der Waals surface area contributed by atoms with Crippen LogP contribution in [0.15, 0.2) is 59.6 Å². The van der Waals surface area contributed by atoms with E-state index in [0.717, 1.165) is 22.4 Å². The van der Waals surface area contributed by atoms with Crippen molar-refractivity contribution in [3.05, 3.63) is 77.2 Å². The van der Waals surface area contributed by atoms with Crippen molar-refractivity contribution in [1.29, 1.82) is 0 Å². The zero-order chi connectivity index (χ0) is 23.5. The molecule has 8 heteroatoms. The Morgan fingerprint density at radius 2 is 1.85 bits per heavy atom. The third kappa shape index (κ3) is 3.63. The van der Waals surface area contributed by atoms with Gasteiger partial charge < -0.3 is 4.90 Å². The Labute approximate surface area is 192 Å². The lowest BCUT2D eigenvalue weighted by Gasteiger charge is -2.27. The maximum atomic E-state index is 14.5. The van der Waals surface area contributed by atoms with Crippen LogP contribution in [0.3, 0.4) is 0 Å². The molecule has 2 N–H and O–H groups in total. The van der Waals surface area contributed by atoms with Crippen LogP contribution < -0.4 is 10.0 Å². The van der Waals surface area contributed by atoms with E-state index in [1.807, 2.05) is 44.2 Å². The predicted molar refractivity (Wildman–Crippen MR) is 124 cm³/mol. The minimum absolute atomic E-state index is 0.0873. The van der Waals surface area contributed by atoms with Crippen LogP contribution in [0.1, 0.15) is 36.5 Å². The highest BCUT2D eigenvalue weighted by Crippen LogP contribution is 2.44. The second kappa shape index (κ2) is 7.74. The number of benzene rings is 2. The van der Waals surface area contributed by atoms with Gasteiger partial charge in [-0.1, -0.05) is 25.1 Å². The van der Waals surface area contributed by atoms with E-state index in [9.17, 15) is 17.6 Å². The number of sulfonamides is 1. The first-order valence-electron chi connectivity index (χ1n) is 10.9. The van der Waals surface area contributed by atoms with Crippen LogP contribution in [-0.4, -0.2) is 25.4 Å². The lowest BCUT2D eigenvalue weighted by atomic mass is 9.98. The Hall–Kier alpha value is -3.10. The average Bonchev–Trinajstić information content (AvgIpc) is 3.31. The summed E-state index contributed by atoms with van der Waals surface area (Å²) in [6, 6.07) is 14.1. The molecule has 3 aromatic rings. The SMILES string of the molecule is C[C@@H]1[C@@H](C)c2cc(F)c(S(N)(=O)=O)cc2N1C(=O)[C@@H]1Cc2ccc(-c3ccccn3)cc2C1. The molecule has 2 heterocycles. The molecule has 33 heavy (non-hydrogen) atoms. The summed E-state index contributed by atoms with van der Waals surface area (Å²) >= 11 is 0. The summed E-state index contributed by atoms with van der Waals surface area (Å²) in [4.78, 5) is 19.1. The van der Waals surface area contributed by atoms with Gasteiger partial charge in [-0.25, -0.2) is 17.9 Å². The Morgan fingerprint density at radius 3 is 2.55 bits per heavy atom. The van der Waals surface area contributed by atoms with E-state index < -0.39 is 20.7 Å². The van der Waals surface area contributed by atoms with Gasteiger partial charge in [-0.05, 0) is 66.8 Å². The summed E-state index contributed by atoms with van der Waals surface area (Å²) in [6.07, 6.45) is 2.94. The van der Waals surface area contributed by atoms with Crippen molar-refractivity contribution in [3.63, 3.8) is 0 Å². The quantitative estimate of drug-likeness (QED) is 0.637. The van der Waals surface area contributed by atoms with Crippen LogP contribution in [0.4, 0.5) is 10.1 Å². The molecule has 0 saturated carbocycles. The molecular weight excluding hydrogens is 441 g/mol. The first-order valence-corrected chi connectivity index (χ1v) is 12.4. The van der Waals surface area contributed by atoms with Crippen LogP contribution in [-0.2, 0) is 27.7 Å². The summed E-state index contributed by atoms with van der Waals surface area (Å²) in [5, 5.41) is 5.21. The van der Waals surface area contributed by atoms with Gasteiger partial charge in [0, 0.05) is 35.3 Å².